The van der Waals surface area contributed by atoms with E-state index in [0.29, 0.717) is 12.2 Å². The highest BCUT2D eigenvalue weighted by atomic mass is 19.1. The lowest BCUT2D eigenvalue weighted by Crippen LogP contribution is -2.47. The maximum atomic E-state index is 13.6. The van der Waals surface area contributed by atoms with E-state index >= 15 is 0 Å². The van der Waals surface area contributed by atoms with E-state index in [-0.39, 0.29) is 23.2 Å². The van der Waals surface area contributed by atoms with E-state index in [1.807, 2.05) is 19.1 Å². The predicted octanol–water partition coefficient (Wildman–Crippen LogP) is 4.19. The number of halogens is 2. The van der Waals surface area contributed by atoms with Crippen LogP contribution in [0.4, 0.5) is 8.78 Å². The van der Waals surface area contributed by atoms with Gasteiger partial charge in [-0.05, 0) is 53.9 Å². The second-order valence-electron chi connectivity index (χ2n) is 8.84. The Balaban J connectivity index is 1.33. The highest BCUT2D eigenvalue weighted by Crippen LogP contribution is 2.30. The number of nitrogens with zero attached hydrogens (tertiary/aromatic N) is 4. The number of pyridine rings is 1. The first kappa shape index (κ1) is 22.4. The van der Waals surface area contributed by atoms with Gasteiger partial charge in [-0.3, -0.25) is 19.0 Å². The summed E-state index contributed by atoms with van der Waals surface area (Å²) in [5, 5.41) is 0. The Bertz CT molecular complexity index is 1300. The molecule has 0 amide bonds. The quantitative estimate of drug-likeness (QED) is 0.448. The van der Waals surface area contributed by atoms with Gasteiger partial charge >= 0.3 is 0 Å². The Labute approximate surface area is 196 Å². The third-order valence-electron chi connectivity index (χ3n) is 6.39. The molecule has 0 bridgehead atoms. The molecule has 2 aromatic heterocycles. The van der Waals surface area contributed by atoms with Crippen LogP contribution in [0.5, 0.6) is 0 Å². The molecule has 0 spiro atoms. The lowest BCUT2D eigenvalue weighted by Gasteiger charge is -2.39. The van der Waals surface area contributed by atoms with Gasteiger partial charge in [0.15, 0.2) is 0 Å². The summed E-state index contributed by atoms with van der Waals surface area (Å²) in [7, 11) is 0. The van der Waals surface area contributed by atoms with Crippen LogP contribution in [0.3, 0.4) is 0 Å². The average Bonchev–Trinajstić information content (AvgIpc) is 2.83. The first-order valence-electron chi connectivity index (χ1n) is 11.4. The van der Waals surface area contributed by atoms with Gasteiger partial charge in [0, 0.05) is 45.0 Å². The second-order valence-corrected chi connectivity index (χ2v) is 8.84. The third kappa shape index (κ3) is 4.76. The molecule has 7 heteroatoms. The molecule has 0 atom stereocenters. The normalized spacial score (nSPS) is 15.3. The fourth-order valence-corrected chi connectivity index (χ4v) is 4.65. The fourth-order valence-electron chi connectivity index (χ4n) is 4.65. The summed E-state index contributed by atoms with van der Waals surface area (Å²) in [6.07, 6.45) is 1.80. The zero-order valence-electron chi connectivity index (χ0n) is 19.0. The van der Waals surface area contributed by atoms with Gasteiger partial charge in [0.05, 0.1) is 11.7 Å². The SMILES string of the molecule is Cc1ccc2nc(CN3CCN(C(c4ccc(F)cc4)c4ccc(F)cc4)CC3)cc(=O)n2c1. The smallest absolute Gasteiger partial charge is 0.258 e. The van der Waals surface area contributed by atoms with Crippen LogP contribution in [0.2, 0.25) is 0 Å². The van der Waals surface area contributed by atoms with Crippen molar-refractivity contribution in [2.75, 3.05) is 26.2 Å². The van der Waals surface area contributed by atoms with E-state index in [0.717, 1.165) is 48.6 Å². The Kier molecular flexibility index (Phi) is 6.22. The Hall–Kier alpha value is -3.42. The fraction of sp³-hybridized carbons (Fsp3) is 0.259. The van der Waals surface area contributed by atoms with E-state index in [2.05, 4.69) is 14.8 Å². The minimum absolute atomic E-state index is 0.0741. The van der Waals surface area contributed by atoms with Gasteiger partial charge in [0.25, 0.3) is 5.56 Å². The molecular weight excluding hydrogens is 434 g/mol. The standard InChI is InChI=1S/C27H26F2N4O/c1-19-2-11-25-30-24(16-26(34)33(25)17-19)18-31-12-14-32(15-13-31)27(20-3-7-22(28)8-4-20)21-5-9-23(29)10-6-21/h2-11,16-17,27H,12-15,18H2,1H3. The number of aromatic nitrogens is 2. The van der Waals surface area contributed by atoms with Crippen molar-refractivity contribution in [1.82, 2.24) is 19.2 Å². The molecular formula is C27H26F2N4O. The molecule has 1 aliphatic heterocycles. The van der Waals surface area contributed by atoms with Crippen LogP contribution in [0.1, 0.15) is 28.4 Å². The number of fused-ring (bicyclic) bond motifs is 1. The summed E-state index contributed by atoms with van der Waals surface area (Å²) in [4.78, 5) is 21.8. The lowest BCUT2D eigenvalue weighted by atomic mass is 9.96. The van der Waals surface area contributed by atoms with Crippen molar-refractivity contribution in [3.63, 3.8) is 0 Å². The zero-order chi connectivity index (χ0) is 23.7. The topological polar surface area (TPSA) is 40.9 Å². The molecule has 34 heavy (non-hydrogen) atoms. The van der Waals surface area contributed by atoms with Crippen LogP contribution >= 0.6 is 0 Å². The molecule has 174 valence electrons. The van der Waals surface area contributed by atoms with Crippen molar-refractivity contribution in [1.29, 1.82) is 0 Å². The van der Waals surface area contributed by atoms with Gasteiger partial charge in [-0.1, -0.05) is 30.3 Å². The number of piperazine rings is 1. The maximum Gasteiger partial charge on any atom is 0.258 e. The Morgan fingerprint density at radius 3 is 2.03 bits per heavy atom. The van der Waals surface area contributed by atoms with Crippen LogP contribution in [0, 0.1) is 18.6 Å². The molecule has 2 aromatic carbocycles. The number of aryl methyl sites for hydroxylation is 1. The van der Waals surface area contributed by atoms with E-state index < -0.39 is 0 Å². The van der Waals surface area contributed by atoms with Crippen molar-refractivity contribution in [3.05, 3.63) is 117 Å². The van der Waals surface area contributed by atoms with Crippen molar-refractivity contribution < 1.29 is 8.78 Å². The van der Waals surface area contributed by atoms with Gasteiger partial charge < -0.3 is 0 Å². The van der Waals surface area contributed by atoms with Crippen molar-refractivity contribution in [2.45, 2.75) is 19.5 Å². The van der Waals surface area contributed by atoms with E-state index in [1.165, 1.54) is 24.3 Å². The summed E-state index contributed by atoms with van der Waals surface area (Å²) < 4.78 is 28.7. The van der Waals surface area contributed by atoms with Crippen LogP contribution in [-0.4, -0.2) is 45.4 Å². The van der Waals surface area contributed by atoms with Crippen LogP contribution in [0.15, 0.2) is 77.7 Å². The lowest BCUT2D eigenvalue weighted by molar-refractivity contribution is 0.104. The van der Waals surface area contributed by atoms with Crippen LogP contribution < -0.4 is 5.56 Å². The molecule has 0 aliphatic carbocycles. The molecule has 5 rings (SSSR count). The number of benzene rings is 2. The van der Waals surface area contributed by atoms with Crippen molar-refractivity contribution in [3.8, 4) is 0 Å². The number of hydrogen-bond acceptors (Lipinski definition) is 4. The summed E-state index contributed by atoms with van der Waals surface area (Å²) in [6, 6.07) is 18.4. The van der Waals surface area contributed by atoms with E-state index in [9.17, 15) is 13.6 Å². The average molecular weight is 461 g/mol. The summed E-state index contributed by atoms with van der Waals surface area (Å²) in [6.45, 7) is 5.72. The minimum atomic E-state index is -0.277. The predicted molar refractivity (Wildman–Crippen MR) is 128 cm³/mol. The molecule has 0 saturated carbocycles. The first-order valence-corrected chi connectivity index (χ1v) is 11.4. The molecule has 5 nitrogen and oxygen atoms in total. The van der Waals surface area contributed by atoms with Gasteiger partial charge in [0.1, 0.15) is 17.3 Å². The Morgan fingerprint density at radius 2 is 1.44 bits per heavy atom. The minimum Gasteiger partial charge on any atom is -0.295 e. The van der Waals surface area contributed by atoms with E-state index in [4.69, 9.17) is 0 Å². The highest BCUT2D eigenvalue weighted by molar-refractivity contribution is 5.40. The van der Waals surface area contributed by atoms with Gasteiger partial charge in [-0.15, -0.1) is 0 Å². The summed E-state index contributed by atoms with van der Waals surface area (Å²) in [5.74, 6) is -0.555. The number of hydrogen-bond donors (Lipinski definition) is 0. The molecule has 1 fully saturated rings. The highest BCUT2D eigenvalue weighted by Gasteiger charge is 2.27. The van der Waals surface area contributed by atoms with Crippen LogP contribution in [-0.2, 0) is 6.54 Å². The third-order valence-corrected chi connectivity index (χ3v) is 6.39. The molecule has 0 N–H and O–H groups in total. The van der Waals surface area contributed by atoms with E-state index in [1.54, 1.807) is 40.9 Å². The molecule has 0 unspecified atom stereocenters. The molecule has 3 heterocycles. The van der Waals surface area contributed by atoms with Gasteiger partial charge in [-0.25, -0.2) is 13.8 Å². The monoisotopic (exact) mass is 460 g/mol. The van der Waals surface area contributed by atoms with Crippen molar-refractivity contribution >= 4 is 5.65 Å². The molecule has 1 aliphatic rings. The zero-order valence-corrected chi connectivity index (χ0v) is 19.0. The molecule has 1 saturated heterocycles. The molecule has 0 radical (unpaired) electrons. The maximum absolute atomic E-state index is 13.6. The van der Waals surface area contributed by atoms with Gasteiger partial charge in [-0.2, -0.15) is 0 Å². The van der Waals surface area contributed by atoms with Crippen LogP contribution in [0.25, 0.3) is 5.65 Å². The summed E-state index contributed by atoms with van der Waals surface area (Å²) >= 11 is 0. The number of rotatable bonds is 5. The largest absolute Gasteiger partial charge is 0.295 e. The van der Waals surface area contributed by atoms with Crippen molar-refractivity contribution in [2.24, 2.45) is 0 Å². The van der Waals surface area contributed by atoms with Gasteiger partial charge in [0.2, 0.25) is 0 Å². The first-order chi connectivity index (χ1) is 16.5. The molecule has 4 aromatic rings. The second kappa shape index (κ2) is 9.44. The Morgan fingerprint density at radius 1 is 0.853 bits per heavy atom. The summed E-state index contributed by atoms with van der Waals surface area (Å²) in [5.41, 5.74) is 4.30.